The summed E-state index contributed by atoms with van der Waals surface area (Å²) in [5, 5.41) is 0. The fourth-order valence-corrected chi connectivity index (χ4v) is 0.197. The van der Waals surface area contributed by atoms with E-state index in [1.807, 2.05) is 48.5 Å². The van der Waals surface area contributed by atoms with Crippen LogP contribution in [-0.4, -0.2) is 5.71 Å². The molecule has 1 nitrogen and oxygen atoms in total. The Morgan fingerprint density at radius 3 is 1.31 bits per heavy atom. The first-order valence-corrected chi connectivity index (χ1v) is 5.09. The van der Waals surface area contributed by atoms with Crippen LogP contribution in [0.15, 0.2) is 30.4 Å². The summed E-state index contributed by atoms with van der Waals surface area (Å²) in [4.78, 5) is 3.81. The lowest BCUT2D eigenvalue weighted by atomic mass is 10.4. The van der Waals surface area contributed by atoms with Crippen LogP contribution in [0.5, 0.6) is 0 Å². The van der Waals surface area contributed by atoms with Gasteiger partial charge in [0.25, 0.3) is 0 Å². The second-order valence-corrected chi connectivity index (χ2v) is 1.16. The van der Waals surface area contributed by atoms with E-state index >= 15 is 0 Å². The van der Waals surface area contributed by atoms with Gasteiger partial charge in [-0.3, -0.25) is 4.99 Å². The molecule has 0 rings (SSSR count). The summed E-state index contributed by atoms with van der Waals surface area (Å²) in [5.41, 5.74) is 0.898. The smallest absolute Gasteiger partial charge is 0.0366 e. The molecule has 0 aliphatic heterocycles. The van der Waals surface area contributed by atoms with E-state index in [0.717, 1.165) is 5.71 Å². The van der Waals surface area contributed by atoms with Crippen molar-refractivity contribution < 1.29 is 0 Å². The van der Waals surface area contributed by atoms with E-state index in [2.05, 4.69) is 18.2 Å². The first kappa shape index (κ1) is 22.7. The van der Waals surface area contributed by atoms with Crippen molar-refractivity contribution in [1.82, 2.24) is 0 Å². The Morgan fingerprint density at radius 1 is 0.923 bits per heavy atom. The Morgan fingerprint density at radius 2 is 1.23 bits per heavy atom. The van der Waals surface area contributed by atoms with Gasteiger partial charge in [-0.1, -0.05) is 54.7 Å². The molecule has 0 heterocycles. The minimum Gasteiger partial charge on any atom is -0.262 e. The molecule has 0 N–H and O–H groups in total. The van der Waals surface area contributed by atoms with Gasteiger partial charge in [0, 0.05) is 11.9 Å². The summed E-state index contributed by atoms with van der Waals surface area (Å²) in [6, 6.07) is 0. The lowest BCUT2D eigenvalue weighted by Crippen LogP contribution is -1.77. The van der Waals surface area contributed by atoms with Crippen molar-refractivity contribution in [3.8, 4) is 0 Å². The quantitative estimate of drug-likeness (QED) is 0.545. The van der Waals surface area contributed by atoms with Crippen LogP contribution in [0.2, 0.25) is 0 Å². The summed E-state index contributed by atoms with van der Waals surface area (Å²) in [5.74, 6) is 0. The molecular weight excluding hydrogens is 158 g/mol. The number of hydrogen-bond donors (Lipinski definition) is 0. The van der Waals surface area contributed by atoms with E-state index in [0.29, 0.717) is 0 Å². The molecule has 0 aromatic rings. The topological polar surface area (TPSA) is 12.4 Å². The average Bonchev–Trinajstić information content (AvgIpc) is 2.27. The van der Waals surface area contributed by atoms with E-state index in [-0.39, 0.29) is 0 Å². The SMILES string of the molecule is C=CN=C(C)C=C.CC.CC.CC. The fourth-order valence-electron chi connectivity index (χ4n) is 0.197. The minimum absolute atomic E-state index is 0.898. The average molecular weight is 185 g/mol. The van der Waals surface area contributed by atoms with E-state index < -0.39 is 0 Å². The number of nitrogens with zero attached hydrogens (tertiary/aromatic N) is 1. The minimum atomic E-state index is 0.898. The van der Waals surface area contributed by atoms with Crippen molar-refractivity contribution in [3.63, 3.8) is 0 Å². The highest BCUT2D eigenvalue weighted by atomic mass is 14.7. The van der Waals surface area contributed by atoms with Gasteiger partial charge < -0.3 is 0 Å². The molecule has 0 unspecified atom stereocenters. The Bertz CT molecular complexity index is 102. The molecule has 0 saturated carbocycles. The lowest BCUT2D eigenvalue weighted by Gasteiger charge is -1.79. The van der Waals surface area contributed by atoms with Gasteiger partial charge in [0.15, 0.2) is 0 Å². The molecule has 80 valence electrons. The van der Waals surface area contributed by atoms with Gasteiger partial charge in [0.05, 0.1) is 0 Å². The zero-order valence-electron chi connectivity index (χ0n) is 10.5. The highest BCUT2D eigenvalue weighted by Gasteiger charge is 1.70. The molecule has 0 radical (unpaired) electrons. The van der Waals surface area contributed by atoms with Gasteiger partial charge in [-0.25, -0.2) is 0 Å². The molecule has 13 heavy (non-hydrogen) atoms. The van der Waals surface area contributed by atoms with Crippen molar-refractivity contribution in [2.75, 3.05) is 0 Å². The largest absolute Gasteiger partial charge is 0.262 e. The van der Waals surface area contributed by atoms with Crippen molar-refractivity contribution in [1.29, 1.82) is 0 Å². The Hall–Kier alpha value is -0.850. The van der Waals surface area contributed by atoms with Gasteiger partial charge in [-0.15, -0.1) is 0 Å². The Balaban J connectivity index is -0.0000000573. The van der Waals surface area contributed by atoms with E-state index in [4.69, 9.17) is 0 Å². The lowest BCUT2D eigenvalue weighted by molar-refractivity contribution is 1.50. The van der Waals surface area contributed by atoms with Crippen LogP contribution >= 0.6 is 0 Å². The van der Waals surface area contributed by atoms with Crippen LogP contribution < -0.4 is 0 Å². The predicted molar refractivity (Wildman–Crippen MR) is 67.5 cm³/mol. The molecular formula is C12H27N. The Kier molecular flexibility index (Phi) is 75.8. The summed E-state index contributed by atoms with van der Waals surface area (Å²) in [6.07, 6.45) is 3.18. The zero-order valence-corrected chi connectivity index (χ0v) is 10.5. The normalized spacial score (nSPS) is 7.15. The molecule has 0 saturated heterocycles. The number of allylic oxidation sites excluding steroid dienone is 1. The van der Waals surface area contributed by atoms with Gasteiger partial charge in [-0.2, -0.15) is 0 Å². The third-order valence-corrected chi connectivity index (χ3v) is 0.590. The first-order chi connectivity index (χ1) is 6.31. The van der Waals surface area contributed by atoms with Gasteiger partial charge >= 0.3 is 0 Å². The van der Waals surface area contributed by atoms with E-state index in [9.17, 15) is 0 Å². The van der Waals surface area contributed by atoms with Crippen molar-refractivity contribution in [2.45, 2.75) is 48.5 Å². The second kappa shape index (κ2) is 43.3. The molecule has 0 aliphatic rings. The van der Waals surface area contributed by atoms with Crippen LogP contribution in [0, 0.1) is 0 Å². The summed E-state index contributed by atoms with van der Waals surface area (Å²) in [6.45, 7) is 20.8. The predicted octanol–water partition coefficient (Wildman–Crippen LogP) is 4.86. The highest BCUT2D eigenvalue weighted by Crippen LogP contribution is 1.76. The molecule has 1 heteroatoms. The molecule has 0 amide bonds. The van der Waals surface area contributed by atoms with Crippen molar-refractivity contribution in [2.24, 2.45) is 4.99 Å². The number of hydrogen-bond acceptors (Lipinski definition) is 1. The van der Waals surface area contributed by atoms with Gasteiger partial charge in [-0.05, 0) is 13.0 Å². The molecule has 0 fully saturated rings. The van der Waals surface area contributed by atoms with Crippen molar-refractivity contribution >= 4 is 5.71 Å². The third kappa shape index (κ3) is 54.2. The maximum Gasteiger partial charge on any atom is 0.0366 e. The molecule has 0 atom stereocenters. The fraction of sp³-hybridized carbons (Fsp3) is 0.583. The molecule has 0 bridgehead atoms. The zero-order chi connectivity index (χ0) is 11.7. The Labute approximate surface area is 85.3 Å². The monoisotopic (exact) mass is 185 g/mol. The molecule has 0 aliphatic carbocycles. The number of rotatable bonds is 2. The maximum absolute atomic E-state index is 3.81. The first-order valence-electron chi connectivity index (χ1n) is 5.09. The van der Waals surface area contributed by atoms with Crippen molar-refractivity contribution in [3.05, 3.63) is 25.4 Å². The second-order valence-electron chi connectivity index (χ2n) is 1.16. The summed E-state index contributed by atoms with van der Waals surface area (Å²) in [7, 11) is 0. The third-order valence-electron chi connectivity index (χ3n) is 0.590. The summed E-state index contributed by atoms with van der Waals surface area (Å²) < 4.78 is 0. The van der Waals surface area contributed by atoms with Gasteiger partial charge in [0.2, 0.25) is 0 Å². The summed E-state index contributed by atoms with van der Waals surface area (Å²) >= 11 is 0. The van der Waals surface area contributed by atoms with Crippen LogP contribution in [0.3, 0.4) is 0 Å². The molecule has 0 aromatic heterocycles. The standard InChI is InChI=1S/C6H9N.3C2H6/c1-4-6(3)7-5-2;3*1-2/h4-5H,1-2H2,3H3;3*1-2H3. The van der Waals surface area contributed by atoms with Crippen LogP contribution in [0.1, 0.15) is 48.5 Å². The van der Waals surface area contributed by atoms with Crippen LogP contribution in [0.25, 0.3) is 0 Å². The van der Waals surface area contributed by atoms with E-state index in [1.165, 1.54) is 6.20 Å². The molecule has 0 aromatic carbocycles. The van der Waals surface area contributed by atoms with Crippen LogP contribution in [-0.2, 0) is 0 Å². The number of aliphatic imine (C=N–C) groups is 1. The van der Waals surface area contributed by atoms with Crippen LogP contribution in [0.4, 0.5) is 0 Å². The molecule has 0 spiro atoms. The highest BCUT2D eigenvalue weighted by molar-refractivity contribution is 5.92. The maximum atomic E-state index is 3.81. The van der Waals surface area contributed by atoms with Gasteiger partial charge in [0.1, 0.15) is 0 Å². The van der Waals surface area contributed by atoms with E-state index in [1.54, 1.807) is 6.08 Å².